The molecule has 0 saturated carbocycles. The predicted octanol–water partition coefficient (Wildman–Crippen LogP) is 0.215. The lowest BCUT2D eigenvalue weighted by Crippen LogP contribution is -2.55. The summed E-state index contributed by atoms with van der Waals surface area (Å²) in [5, 5.41) is 9.39. The van der Waals surface area contributed by atoms with Gasteiger partial charge in [0.1, 0.15) is 0 Å². The third kappa shape index (κ3) is 3.82. The van der Waals surface area contributed by atoms with Crippen LogP contribution in [0.15, 0.2) is 24.3 Å². The van der Waals surface area contributed by atoms with Crippen molar-refractivity contribution in [1.82, 2.24) is 16.0 Å². The summed E-state index contributed by atoms with van der Waals surface area (Å²) in [6.45, 7) is 5.29. The minimum Gasteiger partial charge on any atom is -0.354 e. The first-order valence-corrected chi connectivity index (χ1v) is 6.53. The topological polar surface area (TPSA) is 53.2 Å². The standard InChI is InChI=1S/C14H21N3O/c1-11-3-2-4-12(9-11)5-6-17-14(18)13-10-15-7-8-16-13/h2-4,9,13,15-16H,5-8,10H2,1H3,(H,17,18). The highest BCUT2D eigenvalue weighted by Crippen LogP contribution is 2.03. The van der Waals surface area contributed by atoms with E-state index in [1.165, 1.54) is 11.1 Å². The largest absolute Gasteiger partial charge is 0.354 e. The molecule has 0 spiro atoms. The van der Waals surface area contributed by atoms with Crippen LogP contribution in [0.2, 0.25) is 0 Å². The van der Waals surface area contributed by atoms with Crippen LogP contribution in [-0.4, -0.2) is 38.1 Å². The Kier molecular flexibility index (Phi) is 4.73. The second kappa shape index (κ2) is 6.52. The SMILES string of the molecule is Cc1cccc(CCNC(=O)C2CNCCN2)c1. The van der Waals surface area contributed by atoms with Gasteiger partial charge in [0.05, 0.1) is 6.04 Å². The molecule has 1 atom stereocenters. The van der Waals surface area contributed by atoms with Crippen molar-refractivity contribution in [2.75, 3.05) is 26.2 Å². The third-order valence-electron chi connectivity index (χ3n) is 3.15. The van der Waals surface area contributed by atoms with Crippen molar-refractivity contribution in [3.8, 4) is 0 Å². The van der Waals surface area contributed by atoms with Crippen LogP contribution in [0.1, 0.15) is 11.1 Å². The van der Waals surface area contributed by atoms with E-state index in [1.807, 2.05) is 0 Å². The zero-order valence-corrected chi connectivity index (χ0v) is 10.8. The molecule has 1 saturated heterocycles. The summed E-state index contributed by atoms with van der Waals surface area (Å²) < 4.78 is 0. The Bertz CT molecular complexity index is 400. The van der Waals surface area contributed by atoms with Gasteiger partial charge in [-0.3, -0.25) is 4.79 Å². The number of hydrogen-bond acceptors (Lipinski definition) is 3. The summed E-state index contributed by atoms with van der Waals surface area (Å²) in [7, 11) is 0. The molecule has 1 aliphatic rings. The second-order valence-electron chi connectivity index (χ2n) is 4.74. The van der Waals surface area contributed by atoms with E-state index >= 15 is 0 Å². The third-order valence-corrected chi connectivity index (χ3v) is 3.15. The van der Waals surface area contributed by atoms with E-state index in [0.717, 1.165) is 26.1 Å². The Balaban J connectivity index is 1.73. The minimum atomic E-state index is -0.0868. The van der Waals surface area contributed by atoms with Crippen molar-refractivity contribution in [3.63, 3.8) is 0 Å². The quantitative estimate of drug-likeness (QED) is 0.713. The molecule has 0 aromatic heterocycles. The van der Waals surface area contributed by atoms with Gasteiger partial charge < -0.3 is 16.0 Å². The Morgan fingerprint density at radius 3 is 3.06 bits per heavy atom. The van der Waals surface area contributed by atoms with Gasteiger partial charge in [-0.15, -0.1) is 0 Å². The zero-order valence-electron chi connectivity index (χ0n) is 10.8. The van der Waals surface area contributed by atoms with Gasteiger partial charge in [0.25, 0.3) is 0 Å². The van der Waals surface area contributed by atoms with Gasteiger partial charge in [-0.2, -0.15) is 0 Å². The summed E-state index contributed by atoms with van der Waals surface area (Å²) in [4.78, 5) is 11.8. The molecule has 1 aromatic rings. The van der Waals surface area contributed by atoms with E-state index in [9.17, 15) is 4.79 Å². The van der Waals surface area contributed by atoms with E-state index in [4.69, 9.17) is 0 Å². The van der Waals surface area contributed by atoms with Crippen LogP contribution in [0.5, 0.6) is 0 Å². The number of nitrogens with one attached hydrogen (secondary N) is 3. The molecule has 98 valence electrons. The molecule has 4 heteroatoms. The first-order chi connectivity index (χ1) is 8.75. The maximum atomic E-state index is 11.8. The highest BCUT2D eigenvalue weighted by atomic mass is 16.2. The number of benzene rings is 1. The van der Waals surface area contributed by atoms with Crippen molar-refractivity contribution >= 4 is 5.91 Å². The lowest BCUT2D eigenvalue weighted by Gasteiger charge is -2.23. The van der Waals surface area contributed by atoms with Crippen LogP contribution in [-0.2, 0) is 11.2 Å². The van der Waals surface area contributed by atoms with Crippen LogP contribution < -0.4 is 16.0 Å². The molecule has 1 aromatic carbocycles. The summed E-state index contributed by atoms with van der Waals surface area (Å²) in [6.07, 6.45) is 0.883. The molecule has 1 fully saturated rings. The summed E-state index contributed by atoms with van der Waals surface area (Å²) in [5.74, 6) is 0.0925. The maximum Gasteiger partial charge on any atom is 0.238 e. The average Bonchev–Trinajstić information content (AvgIpc) is 2.40. The first kappa shape index (κ1) is 13.1. The highest BCUT2D eigenvalue weighted by Gasteiger charge is 2.19. The molecule has 2 rings (SSSR count). The van der Waals surface area contributed by atoms with Gasteiger partial charge in [0, 0.05) is 26.2 Å². The van der Waals surface area contributed by atoms with Crippen LogP contribution in [0.4, 0.5) is 0 Å². The van der Waals surface area contributed by atoms with Gasteiger partial charge in [0.15, 0.2) is 0 Å². The molecule has 1 unspecified atom stereocenters. The average molecular weight is 247 g/mol. The van der Waals surface area contributed by atoms with Crippen molar-refractivity contribution in [2.45, 2.75) is 19.4 Å². The second-order valence-corrected chi connectivity index (χ2v) is 4.74. The molecular weight excluding hydrogens is 226 g/mol. The van der Waals surface area contributed by atoms with E-state index in [2.05, 4.69) is 47.1 Å². The molecule has 18 heavy (non-hydrogen) atoms. The van der Waals surface area contributed by atoms with Gasteiger partial charge in [-0.25, -0.2) is 0 Å². The van der Waals surface area contributed by atoms with Crippen molar-refractivity contribution in [3.05, 3.63) is 35.4 Å². The molecule has 4 nitrogen and oxygen atoms in total. The molecular formula is C14H21N3O. The van der Waals surface area contributed by atoms with E-state index in [0.29, 0.717) is 6.54 Å². The Morgan fingerprint density at radius 1 is 1.44 bits per heavy atom. The predicted molar refractivity (Wildman–Crippen MR) is 72.6 cm³/mol. The van der Waals surface area contributed by atoms with Crippen LogP contribution in [0.3, 0.4) is 0 Å². The Hall–Kier alpha value is -1.39. The first-order valence-electron chi connectivity index (χ1n) is 6.53. The molecule has 1 heterocycles. The Labute approximate surface area is 108 Å². The van der Waals surface area contributed by atoms with Gasteiger partial charge in [-0.05, 0) is 18.9 Å². The molecule has 1 aliphatic heterocycles. The normalized spacial score (nSPS) is 19.5. The van der Waals surface area contributed by atoms with Crippen LogP contribution >= 0.6 is 0 Å². The van der Waals surface area contributed by atoms with Crippen LogP contribution in [0, 0.1) is 6.92 Å². The summed E-state index contributed by atoms with van der Waals surface area (Å²) in [6, 6.07) is 8.31. The lowest BCUT2D eigenvalue weighted by molar-refractivity contribution is -0.123. The number of rotatable bonds is 4. The molecule has 0 aliphatic carbocycles. The molecule has 0 radical (unpaired) electrons. The van der Waals surface area contributed by atoms with Gasteiger partial charge >= 0.3 is 0 Å². The van der Waals surface area contributed by atoms with Crippen LogP contribution in [0.25, 0.3) is 0 Å². The van der Waals surface area contributed by atoms with E-state index in [1.54, 1.807) is 0 Å². The summed E-state index contributed by atoms with van der Waals surface area (Å²) >= 11 is 0. The number of amides is 1. The van der Waals surface area contributed by atoms with Crippen molar-refractivity contribution < 1.29 is 4.79 Å². The highest BCUT2D eigenvalue weighted by molar-refractivity contribution is 5.82. The Morgan fingerprint density at radius 2 is 2.33 bits per heavy atom. The fourth-order valence-corrected chi connectivity index (χ4v) is 2.16. The van der Waals surface area contributed by atoms with Gasteiger partial charge in [-0.1, -0.05) is 29.8 Å². The molecule has 1 amide bonds. The molecule has 3 N–H and O–H groups in total. The summed E-state index contributed by atoms with van der Waals surface area (Å²) in [5.41, 5.74) is 2.53. The van der Waals surface area contributed by atoms with E-state index < -0.39 is 0 Å². The fourth-order valence-electron chi connectivity index (χ4n) is 2.16. The zero-order chi connectivity index (χ0) is 12.8. The number of carbonyl (C=O) groups excluding carboxylic acids is 1. The lowest BCUT2D eigenvalue weighted by atomic mass is 10.1. The minimum absolute atomic E-state index is 0.0868. The number of hydrogen-bond donors (Lipinski definition) is 3. The maximum absolute atomic E-state index is 11.8. The fraction of sp³-hybridized carbons (Fsp3) is 0.500. The van der Waals surface area contributed by atoms with E-state index in [-0.39, 0.29) is 11.9 Å². The number of piperazine rings is 1. The number of aryl methyl sites for hydroxylation is 1. The number of carbonyl (C=O) groups is 1. The van der Waals surface area contributed by atoms with Crippen molar-refractivity contribution in [2.24, 2.45) is 0 Å². The smallest absolute Gasteiger partial charge is 0.238 e. The monoisotopic (exact) mass is 247 g/mol. The van der Waals surface area contributed by atoms with Crippen molar-refractivity contribution in [1.29, 1.82) is 0 Å². The molecule has 0 bridgehead atoms. The van der Waals surface area contributed by atoms with Gasteiger partial charge in [0.2, 0.25) is 5.91 Å².